The maximum atomic E-state index is 13.2. The van der Waals surface area contributed by atoms with Gasteiger partial charge in [-0.15, -0.1) is 11.8 Å². The monoisotopic (exact) mass is 199 g/mol. The Morgan fingerprint density at radius 2 is 2.31 bits per heavy atom. The van der Waals surface area contributed by atoms with Crippen LogP contribution in [-0.4, -0.2) is 17.3 Å². The molecule has 70 valence electrons. The molecule has 2 rings (SSSR count). The van der Waals surface area contributed by atoms with Gasteiger partial charge in [0.15, 0.2) is 11.6 Å². The average molecular weight is 199 g/mol. The Labute approximate surface area is 80.5 Å². The molecule has 0 saturated heterocycles. The summed E-state index contributed by atoms with van der Waals surface area (Å²) in [5.41, 5.74) is 0. The lowest BCUT2D eigenvalue weighted by Gasteiger charge is -2.08. The van der Waals surface area contributed by atoms with Crippen LogP contribution in [0.5, 0.6) is 5.75 Å². The van der Waals surface area contributed by atoms with E-state index in [0.29, 0.717) is 10.6 Å². The first-order valence-corrected chi connectivity index (χ1v) is 5.38. The van der Waals surface area contributed by atoms with Gasteiger partial charge >= 0.3 is 0 Å². The highest BCUT2D eigenvalue weighted by Gasteiger charge is 2.25. The molecule has 1 aromatic rings. The van der Waals surface area contributed by atoms with Crippen LogP contribution in [-0.2, 0) is 0 Å². The maximum Gasteiger partial charge on any atom is 0.158 e. The Balaban J connectivity index is 2.25. The third-order valence-corrected chi connectivity index (χ3v) is 2.65. The number of rotatable bonds is 3. The van der Waals surface area contributed by atoms with Crippen molar-refractivity contribution in [2.24, 2.45) is 0 Å². The Morgan fingerprint density at radius 3 is 2.92 bits per heavy atom. The molecule has 1 aliphatic carbocycles. The average Bonchev–Trinajstić information content (AvgIpc) is 2.89. The van der Waals surface area contributed by atoms with Crippen molar-refractivity contribution < 1.29 is 9.13 Å². The van der Waals surface area contributed by atoms with Gasteiger partial charge in [-0.25, -0.2) is 4.39 Å². The molecule has 4 heteroatoms. The maximum absolute atomic E-state index is 13.2. The standard InChI is InChI=1S/C9H10FNOS/c1-13-9-7(10)4-11-5-8(9)12-6-2-3-6/h4-6H,2-3H2,1H3. The topological polar surface area (TPSA) is 22.1 Å². The number of hydrogen-bond acceptors (Lipinski definition) is 3. The molecule has 0 atom stereocenters. The smallest absolute Gasteiger partial charge is 0.158 e. The van der Waals surface area contributed by atoms with Gasteiger partial charge in [-0.3, -0.25) is 4.98 Å². The molecule has 0 spiro atoms. The fourth-order valence-electron chi connectivity index (χ4n) is 1.05. The zero-order chi connectivity index (χ0) is 9.26. The number of halogens is 1. The summed E-state index contributed by atoms with van der Waals surface area (Å²) in [5.74, 6) is 0.278. The van der Waals surface area contributed by atoms with E-state index in [4.69, 9.17) is 4.74 Å². The van der Waals surface area contributed by atoms with Gasteiger partial charge in [0.25, 0.3) is 0 Å². The van der Waals surface area contributed by atoms with Crippen LogP contribution in [0.2, 0.25) is 0 Å². The van der Waals surface area contributed by atoms with Gasteiger partial charge in [0.1, 0.15) is 0 Å². The number of nitrogens with zero attached hydrogens (tertiary/aromatic N) is 1. The summed E-state index contributed by atoms with van der Waals surface area (Å²) in [6.45, 7) is 0. The van der Waals surface area contributed by atoms with Crippen molar-refractivity contribution in [3.63, 3.8) is 0 Å². The summed E-state index contributed by atoms with van der Waals surface area (Å²) in [4.78, 5) is 4.32. The predicted molar refractivity (Wildman–Crippen MR) is 49.6 cm³/mol. The molecule has 0 aliphatic heterocycles. The minimum Gasteiger partial charge on any atom is -0.488 e. The highest BCUT2D eigenvalue weighted by Crippen LogP contribution is 2.34. The van der Waals surface area contributed by atoms with Gasteiger partial charge in [0.05, 0.1) is 23.4 Å². The molecular weight excluding hydrogens is 189 g/mol. The second-order valence-corrected chi connectivity index (χ2v) is 3.79. The fourth-order valence-corrected chi connectivity index (χ4v) is 1.60. The first kappa shape index (κ1) is 8.81. The molecule has 1 aliphatic rings. The van der Waals surface area contributed by atoms with Gasteiger partial charge in [-0.05, 0) is 19.1 Å². The van der Waals surface area contributed by atoms with Gasteiger partial charge < -0.3 is 4.74 Å². The molecule has 0 bridgehead atoms. The van der Waals surface area contributed by atoms with E-state index in [0.717, 1.165) is 12.8 Å². The minimum absolute atomic E-state index is 0.287. The Kier molecular flexibility index (Phi) is 2.40. The van der Waals surface area contributed by atoms with Crippen LogP contribution in [0.15, 0.2) is 17.3 Å². The van der Waals surface area contributed by atoms with Crippen molar-refractivity contribution >= 4 is 11.8 Å². The van der Waals surface area contributed by atoms with Crippen molar-refractivity contribution in [3.8, 4) is 5.75 Å². The molecule has 1 heterocycles. The number of pyridine rings is 1. The van der Waals surface area contributed by atoms with E-state index in [2.05, 4.69) is 4.98 Å². The lowest BCUT2D eigenvalue weighted by Crippen LogP contribution is -1.99. The minimum atomic E-state index is -0.300. The molecule has 0 amide bonds. The Bertz CT molecular complexity index is 314. The fraction of sp³-hybridized carbons (Fsp3) is 0.444. The highest BCUT2D eigenvalue weighted by atomic mass is 32.2. The van der Waals surface area contributed by atoms with Crippen LogP contribution in [0.1, 0.15) is 12.8 Å². The van der Waals surface area contributed by atoms with Crippen molar-refractivity contribution in [3.05, 3.63) is 18.2 Å². The van der Waals surface area contributed by atoms with Gasteiger partial charge in [0, 0.05) is 0 Å². The van der Waals surface area contributed by atoms with Crippen LogP contribution < -0.4 is 4.74 Å². The molecule has 0 radical (unpaired) electrons. The molecule has 13 heavy (non-hydrogen) atoms. The quantitative estimate of drug-likeness (QED) is 0.698. The lowest BCUT2D eigenvalue weighted by atomic mass is 10.4. The molecule has 2 nitrogen and oxygen atoms in total. The van der Waals surface area contributed by atoms with E-state index < -0.39 is 0 Å². The summed E-state index contributed by atoms with van der Waals surface area (Å²) in [6.07, 6.45) is 7.06. The second-order valence-electron chi connectivity index (χ2n) is 2.97. The summed E-state index contributed by atoms with van der Waals surface area (Å²) in [5, 5.41) is 0. The van der Waals surface area contributed by atoms with Crippen molar-refractivity contribution in [2.75, 3.05) is 6.26 Å². The first-order chi connectivity index (χ1) is 6.31. The molecule has 1 aromatic heterocycles. The van der Waals surface area contributed by atoms with E-state index in [9.17, 15) is 4.39 Å². The third kappa shape index (κ3) is 1.94. The molecular formula is C9H10FNOS. The molecule has 0 N–H and O–H groups in total. The Morgan fingerprint density at radius 1 is 1.54 bits per heavy atom. The predicted octanol–water partition coefficient (Wildman–Crippen LogP) is 2.48. The molecule has 0 unspecified atom stereocenters. The third-order valence-electron chi connectivity index (χ3n) is 1.84. The van der Waals surface area contributed by atoms with Crippen molar-refractivity contribution in [1.82, 2.24) is 4.98 Å². The largest absolute Gasteiger partial charge is 0.488 e. The summed E-state index contributed by atoms with van der Waals surface area (Å²) < 4.78 is 18.7. The van der Waals surface area contributed by atoms with E-state index in [-0.39, 0.29) is 11.9 Å². The normalized spacial score (nSPS) is 15.8. The highest BCUT2D eigenvalue weighted by molar-refractivity contribution is 7.98. The van der Waals surface area contributed by atoms with Crippen molar-refractivity contribution in [2.45, 2.75) is 23.8 Å². The van der Waals surface area contributed by atoms with Crippen LogP contribution in [0.3, 0.4) is 0 Å². The van der Waals surface area contributed by atoms with Crippen LogP contribution >= 0.6 is 11.8 Å². The second kappa shape index (κ2) is 3.54. The molecule has 1 fully saturated rings. The SMILES string of the molecule is CSc1c(F)cncc1OC1CC1. The number of ether oxygens (including phenoxy) is 1. The Hall–Kier alpha value is -0.770. The van der Waals surface area contributed by atoms with Crippen molar-refractivity contribution in [1.29, 1.82) is 0 Å². The van der Waals surface area contributed by atoms with Gasteiger partial charge in [-0.1, -0.05) is 0 Å². The molecule has 0 aromatic carbocycles. The summed E-state index contributed by atoms with van der Waals surface area (Å²) in [6, 6.07) is 0. The van der Waals surface area contributed by atoms with E-state index >= 15 is 0 Å². The van der Waals surface area contributed by atoms with Crippen LogP contribution in [0.4, 0.5) is 4.39 Å². The first-order valence-electron chi connectivity index (χ1n) is 4.15. The van der Waals surface area contributed by atoms with E-state index in [1.165, 1.54) is 18.0 Å². The zero-order valence-electron chi connectivity index (χ0n) is 7.29. The van der Waals surface area contributed by atoms with E-state index in [1.54, 1.807) is 6.20 Å². The zero-order valence-corrected chi connectivity index (χ0v) is 8.10. The summed E-state index contributed by atoms with van der Waals surface area (Å²) >= 11 is 1.35. The number of hydrogen-bond donors (Lipinski definition) is 0. The number of thioether (sulfide) groups is 1. The van der Waals surface area contributed by atoms with Gasteiger partial charge in [0.2, 0.25) is 0 Å². The van der Waals surface area contributed by atoms with Gasteiger partial charge in [-0.2, -0.15) is 0 Å². The van der Waals surface area contributed by atoms with Crippen LogP contribution in [0.25, 0.3) is 0 Å². The van der Waals surface area contributed by atoms with E-state index in [1.807, 2.05) is 6.26 Å². The lowest BCUT2D eigenvalue weighted by molar-refractivity contribution is 0.291. The molecule has 1 saturated carbocycles. The number of aromatic nitrogens is 1. The summed E-state index contributed by atoms with van der Waals surface area (Å²) in [7, 11) is 0. The van der Waals surface area contributed by atoms with Crippen LogP contribution in [0, 0.1) is 5.82 Å².